The summed E-state index contributed by atoms with van der Waals surface area (Å²) in [6.07, 6.45) is 3.87. The van der Waals surface area contributed by atoms with Crippen LogP contribution in [0.4, 0.5) is 0 Å². The van der Waals surface area contributed by atoms with Crippen LogP contribution in [0.1, 0.15) is 19.0 Å². The summed E-state index contributed by atoms with van der Waals surface area (Å²) in [4.78, 5) is 4.66. The van der Waals surface area contributed by atoms with E-state index in [1.54, 1.807) is 30.5 Å². The molecule has 0 spiro atoms. The second-order valence-corrected chi connectivity index (χ2v) is 6.63. The third kappa shape index (κ3) is 3.68. The van der Waals surface area contributed by atoms with Crippen LogP contribution in [-0.4, -0.2) is 26.2 Å². The first kappa shape index (κ1) is 14.7. The Morgan fingerprint density at radius 2 is 1.95 bits per heavy atom. The zero-order valence-electron chi connectivity index (χ0n) is 11.6. The fourth-order valence-corrected chi connectivity index (χ4v) is 2.39. The summed E-state index contributed by atoms with van der Waals surface area (Å²) in [5, 5.41) is 3.24. The van der Waals surface area contributed by atoms with Crippen molar-refractivity contribution >= 4 is 9.84 Å². The van der Waals surface area contributed by atoms with E-state index in [2.05, 4.69) is 17.2 Å². The average Bonchev–Trinajstić information content (AvgIpc) is 2.87. The molecule has 0 aliphatic carbocycles. The molecule has 5 nitrogen and oxygen atoms in total. The lowest BCUT2D eigenvalue weighted by Crippen LogP contribution is -2.13. The number of rotatable bonds is 6. The van der Waals surface area contributed by atoms with Crippen LogP contribution in [0.3, 0.4) is 0 Å². The highest BCUT2D eigenvalue weighted by Gasteiger charge is 2.10. The quantitative estimate of drug-likeness (QED) is 0.827. The lowest BCUT2D eigenvalue weighted by Gasteiger charge is -1.99. The topological polar surface area (TPSA) is 72.2 Å². The molecule has 0 radical (unpaired) electrons. The predicted octanol–water partition coefficient (Wildman–Crippen LogP) is 2.24. The maximum absolute atomic E-state index is 11.4. The van der Waals surface area contributed by atoms with Crippen molar-refractivity contribution in [1.82, 2.24) is 10.3 Å². The van der Waals surface area contributed by atoms with Crippen LogP contribution in [0.25, 0.3) is 11.5 Å². The van der Waals surface area contributed by atoms with Gasteiger partial charge in [-0.15, -0.1) is 0 Å². The molecule has 1 N–H and O–H groups in total. The minimum atomic E-state index is -3.17. The van der Waals surface area contributed by atoms with Gasteiger partial charge < -0.3 is 9.73 Å². The Balaban J connectivity index is 2.12. The highest BCUT2D eigenvalue weighted by Crippen LogP contribution is 2.20. The Bertz CT molecular complexity index is 660. The van der Waals surface area contributed by atoms with Gasteiger partial charge in [-0.2, -0.15) is 0 Å². The van der Waals surface area contributed by atoms with E-state index in [0.29, 0.717) is 12.4 Å². The Morgan fingerprint density at radius 1 is 1.25 bits per heavy atom. The van der Waals surface area contributed by atoms with Gasteiger partial charge in [0.25, 0.3) is 0 Å². The van der Waals surface area contributed by atoms with E-state index < -0.39 is 9.84 Å². The fourth-order valence-electron chi connectivity index (χ4n) is 1.76. The molecule has 0 unspecified atom stereocenters. The molecule has 1 aromatic heterocycles. The smallest absolute Gasteiger partial charge is 0.226 e. The zero-order valence-corrected chi connectivity index (χ0v) is 12.4. The molecule has 0 saturated heterocycles. The molecule has 2 aromatic rings. The zero-order chi connectivity index (χ0) is 14.6. The molecule has 0 saturated carbocycles. The minimum absolute atomic E-state index is 0.289. The molecule has 108 valence electrons. The number of sulfone groups is 1. The van der Waals surface area contributed by atoms with Gasteiger partial charge in [-0.25, -0.2) is 13.4 Å². The number of aromatic nitrogens is 1. The van der Waals surface area contributed by atoms with Gasteiger partial charge >= 0.3 is 0 Å². The molecular formula is C14H18N2O3S. The summed E-state index contributed by atoms with van der Waals surface area (Å²) in [7, 11) is -3.17. The molecule has 1 heterocycles. The SMILES string of the molecule is CCCNCc1coc(-c2ccc(S(C)(=O)=O)cc2)n1. The number of nitrogens with zero attached hydrogens (tertiary/aromatic N) is 1. The van der Waals surface area contributed by atoms with E-state index in [0.717, 1.165) is 24.2 Å². The summed E-state index contributed by atoms with van der Waals surface area (Å²) in [6, 6.07) is 6.52. The molecule has 0 atom stereocenters. The maximum Gasteiger partial charge on any atom is 0.226 e. The van der Waals surface area contributed by atoms with Crippen molar-refractivity contribution < 1.29 is 12.8 Å². The number of oxazole rings is 1. The molecule has 20 heavy (non-hydrogen) atoms. The standard InChI is InChI=1S/C14H18N2O3S/c1-3-8-15-9-12-10-19-14(16-12)11-4-6-13(7-5-11)20(2,17)18/h4-7,10,15H,3,8-9H2,1-2H3. The molecular weight excluding hydrogens is 276 g/mol. The predicted molar refractivity (Wildman–Crippen MR) is 77.0 cm³/mol. The van der Waals surface area contributed by atoms with Crippen LogP contribution in [0, 0.1) is 0 Å². The largest absolute Gasteiger partial charge is 0.444 e. The Kier molecular flexibility index (Phi) is 4.57. The van der Waals surface area contributed by atoms with Crippen molar-refractivity contribution in [2.24, 2.45) is 0 Å². The van der Waals surface area contributed by atoms with Crippen molar-refractivity contribution in [2.45, 2.75) is 24.8 Å². The second-order valence-electron chi connectivity index (χ2n) is 4.62. The number of benzene rings is 1. The van der Waals surface area contributed by atoms with Crippen LogP contribution in [-0.2, 0) is 16.4 Å². The van der Waals surface area contributed by atoms with Gasteiger partial charge in [0, 0.05) is 18.4 Å². The maximum atomic E-state index is 11.4. The van der Waals surface area contributed by atoms with E-state index in [-0.39, 0.29) is 4.90 Å². The van der Waals surface area contributed by atoms with Crippen LogP contribution < -0.4 is 5.32 Å². The van der Waals surface area contributed by atoms with E-state index in [9.17, 15) is 8.42 Å². The van der Waals surface area contributed by atoms with Gasteiger partial charge in [-0.05, 0) is 37.2 Å². The van der Waals surface area contributed by atoms with Gasteiger partial charge in [-0.3, -0.25) is 0 Å². The fraction of sp³-hybridized carbons (Fsp3) is 0.357. The summed E-state index contributed by atoms with van der Waals surface area (Å²) in [5.74, 6) is 0.498. The molecule has 0 bridgehead atoms. The van der Waals surface area contributed by atoms with Gasteiger partial charge in [0.2, 0.25) is 5.89 Å². The van der Waals surface area contributed by atoms with Gasteiger partial charge in [0.05, 0.1) is 10.6 Å². The monoisotopic (exact) mass is 294 g/mol. The van der Waals surface area contributed by atoms with Crippen molar-refractivity contribution in [1.29, 1.82) is 0 Å². The first-order chi connectivity index (χ1) is 9.50. The third-order valence-corrected chi connectivity index (χ3v) is 3.94. The molecule has 0 aliphatic rings. The van der Waals surface area contributed by atoms with Crippen molar-refractivity contribution in [3.8, 4) is 11.5 Å². The summed E-state index contributed by atoms with van der Waals surface area (Å²) >= 11 is 0. The Labute approximate surface area is 119 Å². The van der Waals surface area contributed by atoms with Gasteiger partial charge in [-0.1, -0.05) is 6.92 Å². The first-order valence-electron chi connectivity index (χ1n) is 6.46. The number of hydrogen-bond donors (Lipinski definition) is 1. The van der Waals surface area contributed by atoms with Crippen LogP contribution in [0.2, 0.25) is 0 Å². The van der Waals surface area contributed by atoms with Crippen molar-refractivity contribution in [3.63, 3.8) is 0 Å². The molecule has 2 rings (SSSR count). The van der Waals surface area contributed by atoms with Gasteiger partial charge in [0.1, 0.15) is 6.26 Å². The molecule has 0 aliphatic heterocycles. The lowest BCUT2D eigenvalue weighted by molar-refractivity contribution is 0.569. The van der Waals surface area contributed by atoms with Crippen LogP contribution >= 0.6 is 0 Å². The van der Waals surface area contributed by atoms with Crippen molar-refractivity contribution in [2.75, 3.05) is 12.8 Å². The van der Waals surface area contributed by atoms with E-state index >= 15 is 0 Å². The summed E-state index contributed by atoms with van der Waals surface area (Å²) in [5.41, 5.74) is 1.60. The van der Waals surface area contributed by atoms with E-state index in [1.165, 1.54) is 6.26 Å². The van der Waals surface area contributed by atoms with Crippen LogP contribution in [0.5, 0.6) is 0 Å². The Morgan fingerprint density at radius 3 is 2.55 bits per heavy atom. The van der Waals surface area contributed by atoms with Gasteiger partial charge in [0.15, 0.2) is 9.84 Å². The minimum Gasteiger partial charge on any atom is -0.444 e. The molecule has 1 aromatic carbocycles. The number of hydrogen-bond acceptors (Lipinski definition) is 5. The number of nitrogens with one attached hydrogen (secondary N) is 1. The normalized spacial score (nSPS) is 11.7. The lowest BCUT2D eigenvalue weighted by atomic mass is 10.2. The van der Waals surface area contributed by atoms with E-state index in [1.807, 2.05) is 0 Å². The third-order valence-electron chi connectivity index (χ3n) is 2.81. The average molecular weight is 294 g/mol. The second kappa shape index (κ2) is 6.19. The highest BCUT2D eigenvalue weighted by molar-refractivity contribution is 7.90. The van der Waals surface area contributed by atoms with Crippen LogP contribution in [0.15, 0.2) is 39.8 Å². The molecule has 0 amide bonds. The van der Waals surface area contributed by atoms with Crippen molar-refractivity contribution in [3.05, 3.63) is 36.2 Å². The Hall–Kier alpha value is -1.66. The van der Waals surface area contributed by atoms with E-state index in [4.69, 9.17) is 4.42 Å². The first-order valence-corrected chi connectivity index (χ1v) is 8.35. The highest BCUT2D eigenvalue weighted by atomic mass is 32.2. The molecule has 6 heteroatoms. The summed E-state index contributed by atoms with van der Waals surface area (Å²) < 4.78 is 28.2. The molecule has 0 fully saturated rings. The summed E-state index contributed by atoms with van der Waals surface area (Å²) in [6.45, 7) is 3.70.